The molecular weight excluding hydrogens is 312 g/mol. The van der Waals surface area contributed by atoms with E-state index in [1.165, 1.54) is 0 Å². The molecule has 4 N–H and O–H groups in total. The van der Waals surface area contributed by atoms with Crippen LogP contribution in [0.15, 0.2) is 48.5 Å². The van der Waals surface area contributed by atoms with Crippen LogP contribution in [0.1, 0.15) is 34.5 Å². The van der Waals surface area contributed by atoms with Gasteiger partial charge in [-0.05, 0) is 48.7 Å². The molecule has 0 fully saturated rings. The normalized spacial score (nSPS) is 13.5. The van der Waals surface area contributed by atoms with Crippen molar-refractivity contribution in [1.82, 2.24) is 5.32 Å². The number of carbonyl (C=O) groups excluding carboxylic acids is 1. The zero-order chi connectivity index (χ0) is 16.8. The summed E-state index contributed by atoms with van der Waals surface area (Å²) in [6.07, 6.45) is 0.190. The summed E-state index contributed by atoms with van der Waals surface area (Å²) < 4.78 is 0. The number of primary amides is 1. The Hall–Kier alpha value is -1.88. The van der Waals surface area contributed by atoms with Gasteiger partial charge < -0.3 is 16.2 Å². The van der Waals surface area contributed by atoms with Crippen molar-refractivity contribution in [2.24, 2.45) is 5.73 Å². The molecule has 0 aromatic heterocycles. The first-order chi connectivity index (χ1) is 11.0. The molecule has 1 amide bonds. The Morgan fingerprint density at radius 1 is 1.26 bits per heavy atom. The summed E-state index contributed by atoms with van der Waals surface area (Å²) in [6.45, 7) is 2.49. The highest BCUT2D eigenvalue weighted by molar-refractivity contribution is 6.30. The first-order valence-electron chi connectivity index (χ1n) is 7.51. The standard InChI is InChI=1S/C18H21ClN2O2/c1-12(9-13-5-7-14(8-6-13)18(20)23)21-11-17(22)15-3-2-4-16(19)10-15/h2-8,10,12,17,21-22H,9,11H2,1H3,(H2,20,23). The number of amides is 1. The maximum Gasteiger partial charge on any atom is 0.248 e. The molecule has 0 saturated heterocycles. The summed E-state index contributed by atoms with van der Waals surface area (Å²) in [4.78, 5) is 11.0. The lowest BCUT2D eigenvalue weighted by Gasteiger charge is -2.18. The predicted molar refractivity (Wildman–Crippen MR) is 92.5 cm³/mol. The molecule has 0 saturated carbocycles. The van der Waals surface area contributed by atoms with Gasteiger partial charge in [0, 0.05) is 23.2 Å². The number of carbonyl (C=O) groups is 1. The van der Waals surface area contributed by atoms with Gasteiger partial charge >= 0.3 is 0 Å². The lowest BCUT2D eigenvalue weighted by Crippen LogP contribution is -2.32. The van der Waals surface area contributed by atoms with Crippen LogP contribution >= 0.6 is 11.6 Å². The maximum atomic E-state index is 11.0. The third-order valence-corrected chi connectivity index (χ3v) is 3.91. The van der Waals surface area contributed by atoms with E-state index in [0.29, 0.717) is 17.1 Å². The maximum absolute atomic E-state index is 11.0. The number of nitrogens with two attached hydrogens (primary N) is 1. The summed E-state index contributed by atoms with van der Waals surface area (Å²) in [5, 5.41) is 14.1. The van der Waals surface area contributed by atoms with Crippen LogP contribution in [0.25, 0.3) is 0 Å². The number of benzene rings is 2. The van der Waals surface area contributed by atoms with E-state index in [9.17, 15) is 9.90 Å². The molecule has 2 unspecified atom stereocenters. The second-order valence-electron chi connectivity index (χ2n) is 5.65. The van der Waals surface area contributed by atoms with E-state index < -0.39 is 12.0 Å². The number of hydrogen-bond acceptors (Lipinski definition) is 3. The number of rotatable bonds is 7. The van der Waals surface area contributed by atoms with E-state index in [4.69, 9.17) is 17.3 Å². The van der Waals surface area contributed by atoms with Gasteiger partial charge in [0.2, 0.25) is 5.91 Å². The molecule has 4 nitrogen and oxygen atoms in total. The number of nitrogens with one attached hydrogen (secondary N) is 1. The van der Waals surface area contributed by atoms with Crippen LogP contribution in [0.4, 0.5) is 0 Å². The van der Waals surface area contributed by atoms with Crippen molar-refractivity contribution in [3.05, 3.63) is 70.2 Å². The summed E-state index contributed by atoms with van der Waals surface area (Å²) in [5.74, 6) is -0.424. The smallest absolute Gasteiger partial charge is 0.248 e. The molecule has 0 aliphatic rings. The summed E-state index contributed by atoms with van der Waals surface area (Å²) in [5.41, 5.74) is 7.63. The topological polar surface area (TPSA) is 75.4 Å². The van der Waals surface area contributed by atoms with Crippen molar-refractivity contribution in [1.29, 1.82) is 0 Å². The number of aliphatic hydroxyl groups excluding tert-OH is 1. The number of aliphatic hydroxyl groups is 1. The van der Waals surface area contributed by atoms with Gasteiger partial charge in [-0.1, -0.05) is 35.9 Å². The minimum Gasteiger partial charge on any atom is -0.387 e. The molecule has 0 bridgehead atoms. The Bertz CT molecular complexity index is 658. The molecule has 122 valence electrons. The van der Waals surface area contributed by atoms with Crippen molar-refractivity contribution >= 4 is 17.5 Å². The Morgan fingerprint density at radius 3 is 2.57 bits per heavy atom. The molecule has 0 aliphatic heterocycles. The second-order valence-corrected chi connectivity index (χ2v) is 6.08. The van der Waals surface area contributed by atoms with Gasteiger partial charge in [0.05, 0.1) is 6.10 Å². The van der Waals surface area contributed by atoms with E-state index in [1.807, 2.05) is 31.2 Å². The minimum absolute atomic E-state index is 0.184. The van der Waals surface area contributed by atoms with Gasteiger partial charge in [-0.25, -0.2) is 0 Å². The van der Waals surface area contributed by atoms with Crippen LogP contribution in [0.2, 0.25) is 5.02 Å². The molecule has 2 atom stereocenters. The third-order valence-electron chi connectivity index (χ3n) is 3.67. The van der Waals surface area contributed by atoms with E-state index in [-0.39, 0.29) is 6.04 Å². The minimum atomic E-state index is -0.603. The van der Waals surface area contributed by atoms with E-state index >= 15 is 0 Å². The molecule has 0 heterocycles. The Morgan fingerprint density at radius 2 is 1.96 bits per heavy atom. The highest BCUT2D eigenvalue weighted by Gasteiger charge is 2.10. The largest absolute Gasteiger partial charge is 0.387 e. The highest BCUT2D eigenvalue weighted by atomic mass is 35.5. The second kappa shape index (κ2) is 8.11. The summed E-state index contributed by atoms with van der Waals surface area (Å²) in [7, 11) is 0. The third kappa shape index (κ3) is 5.36. The first-order valence-corrected chi connectivity index (χ1v) is 7.89. The Balaban J connectivity index is 1.84. The Labute approximate surface area is 141 Å². The molecule has 23 heavy (non-hydrogen) atoms. The van der Waals surface area contributed by atoms with Gasteiger partial charge in [0.25, 0.3) is 0 Å². The van der Waals surface area contributed by atoms with Crippen LogP contribution in [0.5, 0.6) is 0 Å². The lowest BCUT2D eigenvalue weighted by molar-refractivity contribution is 0.100. The molecule has 2 aromatic carbocycles. The fourth-order valence-corrected chi connectivity index (χ4v) is 2.57. The molecule has 5 heteroatoms. The van der Waals surface area contributed by atoms with Crippen molar-refractivity contribution in [3.63, 3.8) is 0 Å². The van der Waals surface area contributed by atoms with Gasteiger partial charge in [0.15, 0.2) is 0 Å². The molecule has 0 aliphatic carbocycles. The number of halogens is 1. The summed E-state index contributed by atoms with van der Waals surface area (Å²) in [6, 6.07) is 14.7. The zero-order valence-electron chi connectivity index (χ0n) is 13.0. The fourth-order valence-electron chi connectivity index (χ4n) is 2.38. The Kier molecular flexibility index (Phi) is 6.16. The van der Waals surface area contributed by atoms with E-state index in [2.05, 4.69) is 5.32 Å². The van der Waals surface area contributed by atoms with Crippen LogP contribution in [0.3, 0.4) is 0 Å². The fraction of sp³-hybridized carbons (Fsp3) is 0.278. The SMILES string of the molecule is CC(Cc1ccc(C(N)=O)cc1)NCC(O)c1cccc(Cl)c1. The van der Waals surface area contributed by atoms with Crippen molar-refractivity contribution < 1.29 is 9.90 Å². The van der Waals surface area contributed by atoms with Gasteiger partial charge in [-0.2, -0.15) is 0 Å². The van der Waals surface area contributed by atoms with E-state index in [1.54, 1.807) is 24.3 Å². The van der Waals surface area contributed by atoms with Crippen molar-refractivity contribution in [3.8, 4) is 0 Å². The van der Waals surface area contributed by atoms with E-state index in [0.717, 1.165) is 17.5 Å². The molecule has 2 rings (SSSR count). The lowest BCUT2D eigenvalue weighted by atomic mass is 10.0. The van der Waals surface area contributed by atoms with Gasteiger partial charge in [-0.3, -0.25) is 4.79 Å². The van der Waals surface area contributed by atoms with Crippen LogP contribution in [0, 0.1) is 0 Å². The van der Waals surface area contributed by atoms with Crippen LogP contribution < -0.4 is 11.1 Å². The molecule has 0 radical (unpaired) electrons. The average Bonchev–Trinajstić information content (AvgIpc) is 2.53. The van der Waals surface area contributed by atoms with Crippen LogP contribution in [-0.4, -0.2) is 23.6 Å². The van der Waals surface area contributed by atoms with Crippen molar-refractivity contribution in [2.75, 3.05) is 6.54 Å². The average molecular weight is 333 g/mol. The predicted octanol–water partition coefficient (Wildman–Crippen LogP) is 2.69. The summed E-state index contributed by atoms with van der Waals surface area (Å²) >= 11 is 5.93. The monoisotopic (exact) mass is 332 g/mol. The molecular formula is C18H21ClN2O2. The van der Waals surface area contributed by atoms with Gasteiger partial charge in [-0.15, -0.1) is 0 Å². The first kappa shape index (κ1) is 17.5. The van der Waals surface area contributed by atoms with Gasteiger partial charge in [0.1, 0.15) is 0 Å². The quantitative estimate of drug-likeness (QED) is 0.729. The zero-order valence-corrected chi connectivity index (χ0v) is 13.8. The molecule has 0 spiro atoms. The highest BCUT2D eigenvalue weighted by Crippen LogP contribution is 2.17. The van der Waals surface area contributed by atoms with Crippen molar-refractivity contribution in [2.45, 2.75) is 25.5 Å². The number of hydrogen-bond donors (Lipinski definition) is 3. The molecule has 2 aromatic rings. The van der Waals surface area contributed by atoms with Crippen LogP contribution in [-0.2, 0) is 6.42 Å².